The lowest BCUT2D eigenvalue weighted by Crippen LogP contribution is -2.10. The van der Waals surface area contributed by atoms with Gasteiger partial charge in [-0.1, -0.05) is 24.8 Å². The predicted molar refractivity (Wildman–Crippen MR) is 68.7 cm³/mol. The summed E-state index contributed by atoms with van der Waals surface area (Å²) in [5.41, 5.74) is 2.66. The van der Waals surface area contributed by atoms with Crippen molar-refractivity contribution < 1.29 is 9.90 Å². The molecule has 0 radical (unpaired) electrons. The van der Waals surface area contributed by atoms with E-state index in [1.54, 1.807) is 0 Å². The van der Waals surface area contributed by atoms with Crippen LogP contribution in [0.5, 0.6) is 0 Å². The quantitative estimate of drug-likeness (QED) is 0.782. The Hall–Kier alpha value is -1.79. The van der Waals surface area contributed by atoms with Gasteiger partial charge in [-0.15, -0.1) is 0 Å². The maximum absolute atomic E-state index is 11.3. The minimum absolute atomic E-state index is 0.00596. The van der Waals surface area contributed by atoms with Crippen LogP contribution in [0.15, 0.2) is 18.2 Å². The number of aryl methyl sites for hydroxylation is 1. The Kier molecular flexibility index (Phi) is 5.25. The van der Waals surface area contributed by atoms with Crippen LogP contribution in [-0.4, -0.2) is 17.6 Å². The van der Waals surface area contributed by atoms with Gasteiger partial charge < -0.3 is 10.4 Å². The third-order valence-corrected chi connectivity index (χ3v) is 2.30. The first-order chi connectivity index (χ1) is 8.17. The molecular formula is C14H17NO2. The van der Waals surface area contributed by atoms with E-state index in [0.29, 0.717) is 12.8 Å². The van der Waals surface area contributed by atoms with Crippen LogP contribution in [0.1, 0.15) is 30.9 Å². The lowest BCUT2D eigenvalue weighted by molar-refractivity contribution is -0.115. The number of aliphatic hydroxyl groups is 1. The van der Waals surface area contributed by atoms with E-state index in [1.807, 2.05) is 32.0 Å². The molecule has 17 heavy (non-hydrogen) atoms. The van der Waals surface area contributed by atoms with Crippen molar-refractivity contribution in [2.45, 2.75) is 26.7 Å². The third kappa shape index (κ3) is 4.29. The molecule has 3 nitrogen and oxygen atoms in total. The second kappa shape index (κ2) is 6.72. The zero-order chi connectivity index (χ0) is 12.7. The van der Waals surface area contributed by atoms with Gasteiger partial charge in [0, 0.05) is 24.1 Å². The average molecular weight is 231 g/mol. The smallest absolute Gasteiger partial charge is 0.224 e. The lowest BCUT2D eigenvalue weighted by atomic mass is 10.1. The Labute approximate surface area is 102 Å². The molecule has 90 valence electrons. The number of hydrogen-bond acceptors (Lipinski definition) is 2. The molecule has 1 aromatic rings. The summed E-state index contributed by atoms with van der Waals surface area (Å²) in [5, 5.41) is 11.5. The van der Waals surface area contributed by atoms with Crippen LogP contribution < -0.4 is 5.32 Å². The van der Waals surface area contributed by atoms with Crippen LogP contribution in [-0.2, 0) is 4.79 Å². The number of benzene rings is 1. The highest BCUT2D eigenvalue weighted by molar-refractivity contribution is 5.91. The minimum atomic E-state index is -0.00596. The third-order valence-electron chi connectivity index (χ3n) is 2.30. The molecule has 0 aliphatic carbocycles. The summed E-state index contributed by atoms with van der Waals surface area (Å²) in [6.45, 7) is 3.82. The van der Waals surface area contributed by atoms with Crippen molar-refractivity contribution in [2.75, 3.05) is 11.9 Å². The second-order valence-electron chi connectivity index (χ2n) is 3.71. The SMILES string of the molecule is CCC(=O)Nc1cc(C#CCCO)ccc1C. The van der Waals surface area contributed by atoms with Gasteiger partial charge in [0.2, 0.25) is 5.91 Å². The van der Waals surface area contributed by atoms with Gasteiger partial charge in [-0.2, -0.15) is 0 Å². The maximum atomic E-state index is 11.3. The topological polar surface area (TPSA) is 49.3 Å². The second-order valence-corrected chi connectivity index (χ2v) is 3.71. The van der Waals surface area contributed by atoms with E-state index in [1.165, 1.54) is 0 Å². The molecule has 2 N–H and O–H groups in total. The fourth-order valence-electron chi connectivity index (χ4n) is 1.29. The number of anilines is 1. The molecule has 0 spiro atoms. The van der Waals surface area contributed by atoms with Crippen LogP contribution >= 0.6 is 0 Å². The molecule has 0 bridgehead atoms. The van der Waals surface area contributed by atoms with Gasteiger partial charge in [0.05, 0.1) is 6.61 Å². The summed E-state index contributed by atoms with van der Waals surface area (Å²) in [5.74, 6) is 5.79. The van der Waals surface area contributed by atoms with Gasteiger partial charge in [-0.25, -0.2) is 0 Å². The van der Waals surface area contributed by atoms with Gasteiger partial charge >= 0.3 is 0 Å². The molecule has 1 aromatic carbocycles. The summed E-state index contributed by atoms with van der Waals surface area (Å²) >= 11 is 0. The van der Waals surface area contributed by atoms with Crippen LogP contribution in [0.3, 0.4) is 0 Å². The van der Waals surface area contributed by atoms with E-state index in [2.05, 4.69) is 17.2 Å². The van der Waals surface area contributed by atoms with Crippen molar-refractivity contribution in [3.05, 3.63) is 29.3 Å². The molecular weight excluding hydrogens is 214 g/mol. The minimum Gasteiger partial charge on any atom is -0.395 e. The van der Waals surface area contributed by atoms with Crippen molar-refractivity contribution in [3.63, 3.8) is 0 Å². The van der Waals surface area contributed by atoms with Gasteiger partial charge in [-0.3, -0.25) is 4.79 Å². The fourth-order valence-corrected chi connectivity index (χ4v) is 1.29. The van der Waals surface area contributed by atoms with Gasteiger partial charge in [-0.05, 0) is 24.6 Å². The van der Waals surface area contributed by atoms with Gasteiger partial charge in [0.1, 0.15) is 0 Å². The van der Waals surface area contributed by atoms with Crippen LogP contribution in [0.25, 0.3) is 0 Å². The van der Waals surface area contributed by atoms with Crippen molar-refractivity contribution in [1.82, 2.24) is 0 Å². The Bertz CT molecular complexity index is 455. The highest BCUT2D eigenvalue weighted by Crippen LogP contribution is 2.16. The molecule has 1 rings (SSSR count). The molecule has 0 heterocycles. The van der Waals surface area contributed by atoms with Crippen molar-refractivity contribution in [1.29, 1.82) is 0 Å². The number of hydrogen-bond donors (Lipinski definition) is 2. The maximum Gasteiger partial charge on any atom is 0.224 e. The average Bonchev–Trinajstić information content (AvgIpc) is 2.33. The first-order valence-corrected chi connectivity index (χ1v) is 5.67. The molecule has 0 saturated carbocycles. The monoisotopic (exact) mass is 231 g/mol. The van der Waals surface area contributed by atoms with Crippen molar-refractivity contribution >= 4 is 11.6 Å². The van der Waals surface area contributed by atoms with E-state index < -0.39 is 0 Å². The van der Waals surface area contributed by atoms with Crippen molar-refractivity contribution in [2.24, 2.45) is 0 Å². The molecule has 0 aliphatic rings. The number of aliphatic hydroxyl groups excluding tert-OH is 1. The van der Waals surface area contributed by atoms with Crippen LogP contribution in [0, 0.1) is 18.8 Å². The predicted octanol–water partition coefficient (Wildman–Crippen LogP) is 2.08. The summed E-state index contributed by atoms with van der Waals surface area (Å²) in [6.07, 6.45) is 0.921. The Morgan fingerprint density at radius 3 is 2.88 bits per heavy atom. The first-order valence-electron chi connectivity index (χ1n) is 5.67. The molecule has 0 unspecified atom stereocenters. The fraction of sp³-hybridized carbons (Fsp3) is 0.357. The summed E-state index contributed by atoms with van der Waals surface area (Å²) in [6, 6.07) is 5.68. The summed E-state index contributed by atoms with van der Waals surface area (Å²) < 4.78 is 0. The van der Waals surface area contributed by atoms with E-state index >= 15 is 0 Å². The number of carbonyl (C=O) groups excluding carboxylic acids is 1. The lowest BCUT2D eigenvalue weighted by Gasteiger charge is -2.07. The highest BCUT2D eigenvalue weighted by atomic mass is 16.2. The normalized spacial score (nSPS) is 9.35. The number of nitrogens with one attached hydrogen (secondary N) is 1. The number of rotatable bonds is 3. The van der Waals surface area contributed by atoms with E-state index in [0.717, 1.165) is 16.8 Å². The summed E-state index contributed by atoms with van der Waals surface area (Å²) in [4.78, 5) is 11.3. The molecule has 0 aromatic heterocycles. The molecule has 1 amide bonds. The van der Waals surface area contributed by atoms with E-state index in [-0.39, 0.29) is 12.5 Å². The van der Waals surface area contributed by atoms with Gasteiger partial charge in [0.15, 0.2) is 0 Å². The Morgan fingerprint density at radius 1 is 1.47 bits per heavy atom. The van der Waals surface area contributed by atoms with Crippen LogP contribution in [0.2, 0.25) is 0 Å². The summed E-state index contributed by atoms with van der Waals surface area (Å²) in [7, 11) is 0. The zero-order valence-corrected chi connectivity index (χ0v) is 10.2. The Balaban J connectivity index is 2.87. The number of amides is 1. The Morgan fingerprint density at radius 2 is 2.24 bits per heavy atom. The number of carbonyl (C=O) groups is 1. The van der Waals surface area contributed by atoms with Crippen molar-refractivity contribution in [3.8, 4) is 11.8 Å². The molecule has 0 atom stereocenters. The standard InChI is InChI=1S/C14H17NO2/c1-3-14(17)15-13-10-12(6-4-5-9-16)8-7-11(13)2/h7-8,10,16H,3,5,9H2,1-2H3,(H,15,17). The molecule has 0 saturated heterocycles. The van der Waals surface area contributed by atoms with E-state index in [4.69, 9.17) is 5.11 Å². The first kappa shape index (κ1) is 13.3. The van der Waals surface area contributed by atoms with Crippen LogP contribution in [0.4, 0.5) is 5.69 Å². The molecule has 3 heteroatoms. The zero-order valence-electron chi connectivity index (χ0n) is 10.2. The molecule has 0 aliphatic heterocycles. The molecule has 0 fully saturated rings. The largest absolute Gasteiger partial charge is 0.395 e. The highest BCUT2D eigenvalue weighted by Gasteiger charge is 2.02. The van der Waals surface area contributed by atoms with Gasteiger partial charge in [0.25, 0.3) is 0 Å². The van der Waals surface area contributed by atoms with E-state index in [9.17, 15) is 4.79 Å².